The lowest BCUT2D eigenvalue weighted by Crippen LogP contribution is -2.30. The number of aromatic nitrogens is 5. The molecule has 0 spiro atoms. The van der Waals surface area contributed by atoms with Gasteiger partial charge in [0.15, 0.2) is 0 Å². The van der Waals surface area contributed by atoms with Crippen molar-refractivity contribution in [1.29, 1.82) is 0 Å². The van der Waals surface area contributed by atoms with Crippen LogP contribution in [-0.4, -0.2) is 43.9 Å². The Labute approximate surface area is 197 Å². The van der Waals surface area contributed by atoms with Crippen LogP contribution in [0.5, 0.6) is 0 Å². The Morgan fingerprint density at radius 3 is 2.69 bits per heavy atom. The SMILES string of the molecule is Cc1nnc2nc(N3CCOCc4c3ccnc4C#CC(C)(C)C(F)(F)F)c3cc(F)ccc3n12. The van der Waals surface area contributed by atoms with Crippen molar-refractivity contribution in [3.05, 3.63) is 53.4 Å². The van der Waals surface area contributed by atoms with Gasteiger partial charge in [-0.1, -0.05) is 5.92 Å². The van der Waals surface area contributed by atoms with Gasteiger partial charge in [-0.3, -0.25) is 4.40 Å². The van der Waals surface area contributed by atoms with Crippen LogP contribution in [0.25, 0.3) is 16.7 Å². The maximum Gasteiger partial charge on any atom is 0.404 e. The van der Waals surface area contributed by atoms with Crippen molar-refractivity contribution in [2.24, 2.45) is 5.41 Å². The molecular weight excluding hydrogens is 464 g/mol. The van der Waals surface area contributed by atoms with Gasteiger partial charge in [0.1, 0.15) is 28.6 Å². The van der Waals surface area contributed by atoms with E-state index in [4.69, 9.17) is 4.74 Å². The number of rotatable bonds is 1. The number of anilines is 2. The number of benzene rings is 1. The molecule has 0 saturated carbocycles. The fraction of sp³-hybridized carbons (Fsp3) is 0.333. The van der Waals surface area contributed by atoms with Crippen molar-refractivity contribution in [1.82, 2.24) is 24.6 Å². The minimum atomic E-state index is -4.49. The van der Waals surface area contributed by atoms with E-state index in [0.717, 1.165) is 13.8 Å². The molecule has 0 atom stereocenters. The van der Waals surface area contributed by atoms with E-state index >= 15 is 0 Å². The third kappa shape index (κ3) is 3.93. The summed E-state index contributed by atoms with van der Waals surface area (Å²) >= 11 is 0. The average molecular weight is 484 g/mol. The summed E-state index contributed by atoms with van der Waals surface area (Å²) in [6, 6.07) is 6.09. The highest BCUT2D eigenvalue weighted by molar-refractivity contribution is 5.94. The Morgan fingerprint density at radius 2 is 1.91 bits per heavy atom. The van der Waals surface area contributed by atoms with Crippen LogP contribution >= 0.6 is 0 Å². The zero-order chi connectivity index (χ0) is 25.0. The molecule has 0 N–H and O–H groups in total. The Bertz CT molecular complexity index is 1520. The Hall–Kier alpha value is -3.78. The summed E-state index contributed by atoms with van der Waals surface area (Å²) in [6.07, 6.45) is -3.02. The third-order valence-electron chi connectivity index (χ3n) is 5.94. The maximum absolute atomic E-state index is 14.3. The van der Waals surface area contributed by atoms with E-state index in [1.165, 1.54) is 18.3 Å². The third-order valence-corrected chi connectivity index (χ3v) is 5.94. The summed E-state index contributed by atoms with van der Waals surface area (Å²) < 4.78 is 61.8. The second-order valence-electron chi connectivity index (χ2n) is 8.71. The topological polar surface area (TPSA) is 68.4 Å². The first-order valence-electron chi connectivity index (χ1n) is 10.8. The zero-order valence-electron chi connectivity index (χ0n) is 19.1. The smallest absolute Gasteiger partial charge is 0.375 e. The molecule has 1 aromatic carbocycles. The predicted molar refractivity (Wildman–Crippen MR) is 121 cm³/mol. The number of alkyl halides is 3. The van der Waals surface area contributed by atoms with E-state index in [1.54, 1.807) is 23.5 Å². The van der Waals surface area contributed by atoms with Crippen LogP contribution in [0.3, 0.4) is 0 Å². The molecule has 1 aliphatic rings. The first kappa shape index (κ1) is 23.0. The summed E-state index contributed by atoms with van der Waals surface area (Å²) in [4.78, 5) is 10.7. The van der Waals surface area contributed by atoms with E-state index in [2.05, 4.69) is 32.0 Å². The lowest BCUT2D eigenvalue weighted by atomic mass is 9.93. The molecule has 4 heterocycles. The number of aryl methyl sites for hydroxylation is 1. The van der Waals surface area contributed by atoms with Crippen molar-refractivity contribution < 1.29 is 22.3 Å². The number of pyridine rings is 1. The highest BCUT2D eigenvalue weighted by atomic mass is 19.4. The van der Waals surface area contributed by atoms with Crippen molar-refractivity contribution in [3.63, 3.8) is 0 Å². The zero-order valence-corrected chi connectivity index (χ0v) is 19.1. The van der Waals surface area contributed by atoms with E-state index in [-0.39, 0.29) is 12.3 Å². The molecule has 0 amide bonds. The van der Waals surface area contributed by atoms with E-state index in [1.807, 2.05) is 4.90 Å². The Morgan fingerprint density at radius 1 is 1.11 bits per heavy atom. The fourth-order valence-electron chi connectivity index (χ4n) is 3.89. The summed E-state index contributed by atoms with van der Waals surface area (Å²) in [5.74, 6) is 5.83. The highest BCUT2D eigenvalue weighted by Gasteiger charge is 2.46. The largest absolute Gasteiger partial charge is 0.404 e. The van der Waals surface area contributed by atoms with Crippen LogP contribution in [0, 0.1) is 30.0 Å². The van der Waals surface area contributed by atoms with Gasteiger partial charge in [-0.15, -0.1) is 10.2 Å². The summed E-state index contributed by atoms with van der Waals surface area (Å²) in [5.41, 5.74) is -0.220. The van der Waals surface area contributed by atoms with Crippen molar-refractivity contribution in [2.45, 2.75) is 33.6 Å². The molecule has 0 fully saturated rings. The van der Waals surface area contributed by atoms with E-state index < -0.39 is 17.4 Å². The first-order chi connectivity index (χ1) is 16.6. The van der Waals surface area contributed by atoms with Crippen molar-refractivity contribution in [2.75, 3.05) is 18.1 Å². The second-order valence-corrected chi connectivity index (χ2v) is 8.71. The van der Waals surface area contributed by atoms with Crippen molar-refractivity contribution >= 4 is 28.2 Å². The molecule has 0 saturated heterocycles. The molecule has 4 aromatic rings. The summed E-state index contributed by atoms with van der Waals surface area (Å²) in [7, 11) is 0. The van der Waals surface area contributed by atoms with Gasteiger partial charge in [-0.05, 0) is 51.0 Å². The van der Waals surface area contributed by atoms with Gasteiger partial charge < -0.3 is 9.64 Å². The molecule has 0 bridgehead atoms. The number of halogens is 4. The number of fused-ring (bicyclic) bond motifs is 4. The molecule has 5 rings (SSSR count). The monoisotopic (exact) mass is 484 g/mol. The molecule has 3 aromatic heterocycles. The lowest BCUT2D eigenvalue weighted by molar-refractivity contribution is -0.190. The molecule has 35 heavy (non-hydrogen) atoms. The van der Waals surface area contributed by atoms with Crippen LogP contribution in [-0.2, 0) is 11.3 Å². The van der Waals surface area contributed by atoms with E-state index in [0.29, 0.717) is 52.7 Å². The van der Waals surface area contributed by atoms with E-state index in [9.17, 15) is 17.6 Å². The molecule has 11 heteroatoms. The van der Waals surface area contributed by atoms with Crippen LogP contribution in [0.1, 0.15) is 30.9 Å². The maximum atomic E-state index is 14.3. The highest BCUT2D eigenvalue weighted by Crippen LogP contribution is 2.38. The number of hydrogen-bond acceptors (Lipinski definition) is 6. The van der Waals surface area contributed by atoms with Crippen molar-refractivity contribution in [3.8, 4) is 11.8 Å². The molecule has 0 aliphatic carbocycles. The minimum Gasteiger partial charge on any atom is -0.375 e. The normalized spacial score (nSPS) is 14.5. The average Bonchev–Trinajstić information content (AvgIpc) is 3.04. The quantitative estimate of drug-likeness (QED) is 0.288. The first-order valence-corrected chi connectivity index (χ1v) is 10.8. The number of ether oxygens (including phenoxy) is 1. The van der Waals surface area contributed by atoms with Crippen LogP contribution < -0.4 is 4.90 Å². The summed E-state index contributed by atoms with van der Waals surface area (Å²) in [5, 5.41) is 8.75. The number of hydrogen-bond donors (Lipinski definition) is 0. The lowest BCUT2D eigenvalue weighted by Gasteiger charge is -2.25. The summed E-state index contributed by atoms with van der Waals surface area (Å²) in [6.45, 7) is 4.58. The molecule has 7 nitrogen and oxygen atoms in total. The Kier molecular flexibility index (Phi) is 5.36. The minimum absolute atomic E-state index is 0.106. The van der Waals surface area contributed by atoms with Gasteiger partial charge in [-0.25, -0.2) is 9.37 Å². The van der Waals surface area contributed by atoms with Crippen LogP contribution in [0.2, 0.25) is 0 Å². The molecule has 180 valence electrons. The van der Waals surface area contributed by atoms with Gasteiger partial charge >= 0.3 is 6.18 Å². The molecular formula is C24H20F4N6O. The van der Waals surface area contributed by atoms with Crippen LogP contribution in [0.4, 0.5) is 29.1 Å². The van der Waals surface area contributed by atoms with Gasteiger partial charge in [-0.2, -0.15) is 18.2 Å². The van der Waals surface area contributed by atoms with Gasteiger partial charge in [0.2, 0.25) is 0 Å². The van der Waals surface area contributed by atoms with Gasteiger partial charge in [0.25, 0.3) is 5.78 Å². The van der Waals surface area contributed by atoms with Crippen LogP contribution in [0.15, 0.2) is 30.5 Å². The predicted octanol–water partition coefficient (Wildman–Crippen LogP) is 4.73. The molecule has 0 unspecified atom stereocenters. The molecule has 0 radical (unpaired) electrons. The Balaban J connectivity index is 1.71. The second kappa shape index (κ2) is 8.16. The van der Waals surface area contributed by atoms with Gasteiger partial charge in [0, 0.05) is 23.7 Å². The standard InChI is InChI=1S/C24H20F4N6O/c1-14-31-32-22-30-21(16-12-15(25)4-5-20(16)34(14)22)33-10-11-35-13-17-18(29-9-7-19(17)33)6-8-23(2,3)24(26,27)28/h4-5,7,9,12H,10-11,13H2,1-3H3. The van der Waals surface area contributed by atoms with Gasteiger partial charge in [0.05, 0.1) is 24.4 Å². The fourth-order valence-corrected chi connectivity index (χ4v) is 3.89. The number of nitrogens with zero attached hydrogens (tertiary/aromatic N) is 6. The molecule has 1 aliphatic heterocycles.